The minimum absolute atomic E-state index is 0.400. The summed E-state index contributed by atoms with van der Waals surface area (Å²) >= 11 is 1.80. The largest absolute Gasteiger partial charge is 0.362 e. The number of hydrogen-bond donors (Lipinski definition) is 0. The average Bonchev–Trinajstić information content (AvgIpc) is 2.87. The molecule has 100 valence electrons. The summed E-state index contributed by atoms with van der Waals surface area (Å²) in [6.45, 7) is -1.28. The second-order valence-corrected chi connectivity index (χ2v) is 5.40. The molecule has 1 aromatic carbocycles. The third-order valence-electron chi connectivity index (χ3n) is 3.12. The molecule has 0 fully saturated rings. The molecule has 0 spiro atoms. The molecule has 2 heterocycles. The second-order valence-electron chi connectivity index (χ2n) is 4.27. The molecule has 1 aliphatic rings. The number of alkyl halides is 2. The van der Waals surface area contributed by atoms with Crippen LogP contribution >= 0.6 is 11.8 Å². The first-order valence-electron chi connectivity index (χ1n) is 6.02. The summed E-state index contributed by atoms with van der Waals surface area (Å²) in [5.41, 5.74) is 1.10. The van der Waals surface area contributed by atoms with Crippen molar-refractivity contribution in [1.82, 2.24) is 9.55 Å². The molecule has 19 heavy (non-hydrogen) atoms. The Bertz CT molecular complexity index is 571. The van der Waals surface area contributed by atoms with Gasteiger partial charge in [-0.25, -0.2) is 4.98 Å². The van der Waals surface area contributed by atoms with Gasteiger partial charge in [-0.05, 0) is 12.1 Å². The molecular formula is C13H13F2N3S. The molecule has 6 heteroatoms. The minimum Gasteiger partial charge on any atom is -0.362 e. The number of thioether (sulfide) groups is 1. The van der Waals surface area contributed by atoms with Gasteiger partial charge >= 0.3 is 6.55 Å². The predicted octanol–water partition coefficient (Wildman–Crippen LogP) is 3.39. The molecule has 0 radical (unpaired) electrons. The van der Waals surface area contributed by atoms with E-state index in [1.165, 1.54) is 17.3 Å². The summed E-state index contributed by atoms with van der Waals surface area (Å²) in [4.78, 5) is 7.34. The van der Waals surface area contributed by atoms with Gasteiger partial charge in [-0.3, -0.25) is 4.57 Å². The van der Waals surface area contributed by atoms with Crippen molar-refractivity contribution in [2.45, 2.75) is 18.0 Å². The van der Waals surface area contributed by atoms with Gasteiger partial charge in [0.1, 0.15) is 5.82 Å². The van der Waals surface area contributed by atoms with Gasteiger partial charge in [0.15, 0.2) is 0 Å². The van der Waals surface area contributed by atoms with Crippen LogP contribution in [0.2, 0.25) is 0 Å². The van der Waals surface area contributed by atoms with E-state index in [1.54, 1.807) is 11.8 Å². The van der Waals surface area contributed by atoms with Crippen LogP contribution in [0.3, 0.4) is 0 Å². The van der Waals surface area contributed by atoms with Crippen molar-refractivity contribution in [2.24, 2.45) is 0 Å². The first kappa shape index (κ1) is 12.5. The lowest BCUT2D eigenvalue weighted by atomic mass is 10.2. The van der Waals surface area contributed by atoms with Gasteiger partial charge < -0.3 is 4.90 Å². The van der Waals surface area contributed by atoms with Crippen LogP contribution in [-0.4, -0.2) is 21.8 Å². The highest BCUT2D eigenvalue weighted by molar-refractivity contribution is 7.99. The molecule has 1 aromatic heterocycles. The van der Waals surface area contributed by atoms with Crippen molar-refractivity contribution < 1.29 is 8.78 Å². The fourth-order valence-corrected chi connectivity index (χ4v) is 3.26. The van der Waals surface area contributed by atoms with Crippen molar-refractivity contribution in [2.75, 3.05) is 17.2 Å². The molecule has 1 aliphatic heterocycles. The number of hydrogen-bond acceptors (Lipinski definition) is 3. The van der Waals surface area contributed by atoms with Gasteiger partial charge in [0.25, 0.3) is 0 Å². The van der Waals surface area contributed by atoms with Crippen molar-refractivity contribution in [3.63, 3.8) is 0 Å². The van der Waals surface area contributed by atoms with Gasteiger partial charge in [-0.2, -0.15) is 8.78 Å². The summed E-state index contributed by atoms with van der Waals surface area (Å²) in [6, 6.07) is 8.05. The van der Waals surface area contributed by atoms with Crippen LogP contribution < -0.4 is 4.90 Å². The Morgan fingerprint density at radius 3 is 3.00 bits per heavy atom. The van der Waals surface area contributed by atoms with Crippen molar-refractivity contribution in [1.29, 1.82) is 0 Å². The standard InChI is InChI=1S/C13H13F2N3S/c14-13(15)18-6-5-16-12(18)9-17-7-8-19-11-4-2-1-3-10(11)17/h1-6,13H,7-9H2. The van der Waals surface area contributed by atoms with E-state index in [9.17, 15) is 8.78 Å². The maximum absolute atomic E-state index is 12.8. The Labute approximate surface area is 114 Å². The summed E-state index contributed by atoms with van der Waals surface area (Å²) in [6.07, 6.45) is 2.75. The van der Waals surface area contributed by atoms with Crippen LogP contribution in [-0.2, 0) is 6.54 Å². The van der Waals surface area contributed by atoms with Crippen molar-refractivity contribution >= 4 is 17.4 Å². The number of fused-ring (bicyclic) bond motifs is 1. The Morgan fingerprint density at radius 2 is 2.16 bits per heavy atom. The zero-order valence-electron chi connectivity index (χ0n) is 10.2. The molecule has 3 nitrogen and oxygen atoms in total. The summed E-state index contributed by atoms with van der Waals surface area (Å²) < 4.78 is 26.5. The van der Waals surface area contributed by atoms with Gasteiger partial charge in [0.2, 0.25) is 0 Å². The molecule has 0 amide bonds. The molecule has 0 saturated heterocycles. The average molecular weight is 281 g/mol. The lowest BCUT2D eigenvalue weighted by Crippen LogP contribution is -2.30. The van der Waals surface area contributed by atoms with E-state index in [2.05, 4.69) is 16.0 Å². The smallest absolute Gasteiger partial charge is 0.319 e. The van der Waals surface area contributed by atoms with Crippen molar-refractivity contribution in [3.05, 3.63) is 42.5 Å². The maximum Gasteiger partial charge on any atom is 0.319 e. The lowest BCUT2D eigenvalue weighted by molar-refractivity contribution is 0.0670. The van der Waals surface area contributed by atoms with Gasteiger partial charge in [-0.15, -0.1) is 11.8 Å². The van der Waals surface area contributed by atoms with Gasteiger partial charge in [0.05, 0.1) is 12.2 Å². The molecule has 2 aromatic rings. The van der Waals surface area contributed by atoms with E-state index >= 15 is 0 Å². The van der Waals surface area contributed by atoms with Gasteiger partial charge in [-0.1, -0.05) is 12.1 Å². The first-order chi connectivity index (χ1) is 9.25. The highest BCUT2D eigenvalue weighted by Crippen LogP contribution is 2.35. The Kier molecular flexibility index (Phi) is 3.42. The normalized spacial score (nSPS) is 14.8. The van der Waals surface area contributed by atoms with E-state index in [-0.39, 0.29) is 0 Å². The van der Waals surface area contributed by atoms with Crippen LogP contribution in [0.25, 0.3) is 0 Å². The third kappa shape index (κ3) is 2.45. The molecule has 0 N–H and O–H groups in total. The number of halogens is 2. The Morgan fingerprint density at radius 1 is 1.32 bits per heavy atom. The van der Waals surface area contributed by atoms with E-state index in [0.29, 0.717) is 12.4 Å². The fraction of sp³-hybridized carbons (Fsp3) is 0.308. The Hall–Kier alpha value is -1.56. The van der Waals surface area contributed by atoms with Gasteiger partial charge in [0, 0.05) is 29.6 Å². The molecular weight excluding hydrogens is 268 g/mol. The van der Waals surface area contributed by atoms with Crippen LogP contribution in [0.5, 0.6) is 0 Å². The SMILES string of the molecule is FC(F)n1ccnc1CN1CCSc2ccccc21. The van der Waals surface area contributed by atoms with Crippen LogP contribution in [0.1, 0.15) is 12.4 Å². The number of anilines is 1. The van der Waals surface area contributed by atoms with E-state index in [4.69, 9.17) is 0 Å². The highest BCUT2D eigenvalue weighted by atomic mass is 32.2. The zero-order chi connectivity index (χ0) is 13.2. The molecule has 0 unspecified atom stereocenters. The van der Waals surface area contributed by atoms with E-state index in [1.807, 2.05) is 18.2 Å². The minimum atomic E-state index is -2.54. The second kappa shape index (κ2) is 5.21. The number of nitrogens with zero attached hydrogens (tertiary/aromatic N) is 3. The first-order valence-corrected chi connectivity index (χ1v) is 7.01. The topological polar surface area (TPSA) is 21.1 Å². The molecule has 3 rings (SSSR count). The molecule has 0 atom stereocenters. The van der Waals surface area contributed by atoms with E-state index in [0.717, 1.165) is 22.6 Å². The molecule has 0 aliphatic carbocycles. The number of imidazole rings is 1. The quantitative estimate of drug-likeness (QED) is 0.860. The number of aromatic nitrogens is 2. The maximum atomic E-state index is 12.8. The summed E-state index contributed by atoms with van der Waals surface area (Å²) in [7, 11) is 0. The molecule has 0 bridgehead atoms. The fourth-order valence-electron chi connectivity index (χ4n) is 2.21. The Balaban J connectivity index is 1.87. The summed E-state index contributed by atoms with van der Waals surface area (Å²) in [5, 5.41) is 0. The van der Waals surface area contributed by atoms with Crippen LogP contribution in [0.4, 0.5) is 14.5 Å². The van der Waals surface area contributed by atoms with Crippen molar-refractivity contribution in [3.8, 4) is 0 Å². The number of rotatable bonds is 3. The van der Waals surface area contributed by atoms with Crippen LogP contribution in [0, 0.1) is 0 Å². The van der Waals surface area contributed by atoms with E-state index < -0.39 is 6.55 Å². The number of benzene rings is 1. The highest BCUT2D eigenvalue weighted by Gasteiger charge is 2.20. The lowest BCUT2D eigenvalue weighted by Gasteiger charge is -2.30. The number of para-hydroxylation sites is 1. The zero-order valence-corrected chi connectivity index (χ0v) is 11.0. The molecule has 0 saturated carbocycles. The monoisotopic (exact) mass is 281 g/mol. The summed E-state index contributed by atoms with van der Waals surface area (Å²) in [5.74, 6) is 1.36. The third-order valence-corrected chi connectivity index (χ3v) is 4.16. The predicted molar refractivity (Wildman–Crippen MR) is 71.7 cm³/mol. The van der Waals surface area contributed by atoms with Crippen LogP contribution in [0.15, 0.2) is 41.6 Å².